The van der Waals surface area contributed by atoms with Crippen molar-refractivity contribution in [3.63, 3.8) is 0 Å². The van der Waals surface area contributed by atoms with Gasteiger partial charge >= 0.3 is 0 Å². The van der Waals surface area contributed by atoms with Crippen molar-refractivity contribution in [3.05, 3.63) is 15.8 Å². The van der Waals surface area contributed by atoms with Gasteiger partial charge in [-0.05, 0) is 78.3 Å². The number of carbonyl (C=O) groups is 1. The zero-order valence-corrected chi connectivity index (χ0v) is 27.4. The van der Waals surface area contributed by atoms with Crippen LogP contribution in [-0.2, 0) is 4.79 Å². The molecule has 2 saturated carbocycles. The second kappa shape index (κ2) is 21.9. The molecule has 2 aliphatic carbocycles. The largest absolute Gasteiger partial charge is 0.304 e. The number of hydrogen-bond acceptors (Lipinski definition) is 6. The number of carbonyl (C=O) groups excluding carboxylic acids is 1. The third-order valence-corrected chi connectivity index (χ3v) is 7.54. The Kier molecular flexibility index (Phi) is 20.8. The quantitative estimate of drug-likeness (QED) is 0.124. The van der Waals surface area contributed by atoms with Crippen LogP contribution in [-0.4, -0.2) is 30.9 Å². The fourth-order valence-electron chi connectivity index (χ4n) is 4.13. The van der Waals surface area contributed by atoms with Gasteiger partial charge in [0.05, 0.1) is 10.6 Å². The van der Waals surface area contributed by atoms with E-state index in [0.29, 0.717) is 0 Å². The molecule has 3 aliphatic rings. The van der Waals surface area contributed by atoms with Crippen LogP contribution < -0.4 is 5.01 Å². The highest BCUT2D eigenvalue weighted by molar-refractivity contribution is 7.80. The molecular weight excluding hydrogens is 521 g/mol. The molecule has 2 heterocycles. The van der Waals surface area contributed by atoms with Crippen LogP contribution in [0.3, 0.4) is 0 Å². The Bertz CT molecular complexity index is 900. The van der Waals surface area contributed by atoms with Crippen molar-refractivity contribution in [2.24, 2.45) is 27.3 Å². The Morgan fingerprint density at radius 1 is 1.21 bits per heavy atom. The number of aliphatic imine (C=N–C) groups is 1. The first-order valence-electron chi connectivity index (χ1n) is 14.5. The fourth-order valence-corrected chi connectivity index (χ4v) is 5.35. The lowest BCUT2D eigenvalue weighted by Gasteiger charge is -2.20. The van der Waals surface area contributed by atoms with Crippen LogP contribution >= 0.6 is 24.0 Å². The first-order chi connectivity index (χ1) is 18.5. The molecule has 1 aromatic heterocycles. The molecule has 0 spiro atoms. The molecule has 0 aromatic carbocycles. The molecule has 1 aliphatic heterocycles. The molecule has 0 unspecified atom stereocenters. The van der Waals surface area contributed by atoms with Crippen molar-refractivity contribution >= 4 is 54.8 Å². The van der Waals surface area contributed by atoms with E-state index in [9.17, 15) is 0 Å². The van der Waals surface area contributed by atoms with Gasteiger partial charge < -0.3 is 4.79 Å². The highest BCUT2D eigenvalue weighted by Gasteiger charge is 2.16. The molecule has 1 aromatic rings. The average molecular weight is 575 g/mol. The van der Waals surface area contributed by atoms with E-state index in [1.165, 1.54) is 88.1 Å². The van der Waals surface area contributed by atoms with Crippen LogP contribution in [0.5, 0.6) is 0 Å². The first kappa shape index (κ1) is 37.1. The van der Waals surface area contributed by atoms with E-state index in [1.54, 1.807) is 18.3 Å². The van der Waals surface area contributed by atoms with Crippen molar-refractivity contribution < 1.29 is 4.79 Å². The predicted molar refractivity (Wildman–Crippen MR) is 178 cm³/mol. The van der Waals surface area contributed by atoms with E-state index in [1.807, 2.05) is 11.3 Å². The summed E-state index contributed by atoms with van der Waals surface area (Å²) in [5.74, 6) is 9.87. The van der Waals surface area contributed by atoms with Crippen LogP contribution in [0, 0.1) is 41.4 Å². The molecule has 39 heavy (non-hydrogen) atoms. The van der Waals surface area contributed by atoms with E-state index in [0.717, 1.165) is 28.8 Å². The van der Waals surface area contributed by atoms with E-state index >= 15 is 0 Å². The first-order valence-corrected chi connectivity index (χ1v) is 15.9. The lowest BCUT2D eigenvalue weighted by atomic mass is 9.88. The number of nitrogens with zero attached hydrogens (tertiary/aromatic N) is 3. The maximum Gasteiger partial charge on any atom is 0.138 e. The van der Waals surface area contributed by atoms with Crippen LogP contribution in [0.25, 0.3) is 0 Å². The Morgan fingerprint density at radius 3 is 2.05 bits per heavy atom. The third kappa shape index (κ3) is 21.6. The van der Waals surface area contributed by atoms with E-state index < -0.39 is 0 Å². The van der Waals surface area contributed by atoms with E-state index in [-0.39, 0.29) is 11.3 Å². The van der Waals surface area contributed by atoms with Gasteiger partial charge in [0.1, 0.15) is 18.5 Å². The minimum atomic E-state index is 0.0639. The minimum absolute atomic E-state index is 0.0639. The zero-order valence-electron chi connectivity index (χ0n) is 25.7. The van der Waals surface area contributed by atoms with Gasteiger partial charge in [-0.15, -0.1) is 11.3 Å². The molecule has 0 amide bonds. The zero-order chi connectivity index (χ0) is 29.7. The smallest absolute Gasteiger partial charge is 0.138 e. The standard InChI is InChI=1S/C12H14N2S.C8H16S.C7H14.C3H6N2.C2H4O/c1-9-11(14-8-13-14)7-10(15-9)5-6-12(2,3)4;9-7-6-8-4-2-1-3-5-8;1-7-5-3-2-4-6-7;1-3(4)5-2;1-2-3/h7-8H,1-4H3;8-9H,1-7H2;7H,2-6H2,1H3;4H,2H2,1H3;2H,1H3. The number of anilines is 1. The molecule has 0 saturated heterocycles. The molecule has 4 rings (SSSR count). The maximum absolute atomic E-state index is 8.81. The third-order valence-electron chi connectivity index (χ3n) is 6.32. The summed E-state index contributed by atoms with van der Waals surface area (Å²) in [5, 5.41) is 12.4. The Labute approximate surface area is 249 Å². The molecule has 0 atom stereocenters. The number of aldehydes is 1. The number of hydrazone groups is 1. The summed E-state index contributed by atoms with van der Waals surface area (Å²) in [4.78, 5) is 14.4. The van der Waals surface area contributed by atoms with E-state index in [2.05, 4.69) is 82.0 Å². The van der Waals surface area contributed by atoms with Crippen molar-refractivity contribution in [2.45, 2.75) is 119 Å². The number of nitrogens with one attached hydrogen (secondary N) is 1. The summed E-state index contributed by atoms with van der Waals surface area (Å²) in [6.45, 7) is 16.9. The number of amidine groups is 1. The summed E-state index contributed by atoms with van der Waals surface area (Å²) in [6, 6.07) is 2.10. The summed E-state index contributed by atoms with van der Waals surface area (Å²) in [6.07, 6.45) is 18.7. The fraction of sp³-hybridized carbons (Fsp3) is 0.688. The monoisotopic (exact) mass is 574 g/mol. The van der Waals surface area contributed by atoms with Gasteiger partial charge in [-0.25, -0.2) is 5.01 Å². The molecule has 0 bridgehead atoms. The van der Waals surface area contributed by atoms with Gasteiger partial charge in [0.25, 0.3) is 0 Å². The number of thiophene rings is 1. The molecular formula is C32H54N4OS2. The minimum Gasteiger partial charge on any atom is -0.304 e. The Morgan fingerprint density at radius 2 is 1.69 bits per heavy atom. The normalized spacial score (nSPS) is 16.2. The van der Waals surface area contributed by atoms with Gasteiger partial charge in [0.15, 0.2) is 0 Å². The van der Waals surface area contributed by atoms with Gasteiger partial charge in [0, 0.05) is 10.3 Å². The molecule has 5 nitrogen and oxygen atoms in total. The number of aryl methyl sites for hydroxylation is 1. The average Bonchev–Trinajstić information content (AvgIpc) is 3.67. The molecule has 1 N–H and O–H groups in total. The van der Waals surface area contributed by atoms with Gasteiger partial charge in [0.2, 0.25) is 0 Å². The highest BCUT2D eigenvalue weighted by atomic mass is 32.1. The second-order valence-corrected chi connectivity index (χ2v) is 13.1. The predicted octanol–water partition coefficient (Wildman–Crippen LogP) is 9.58. The van der Waals surface area contributed by atoms with Crippen molar-refractivity contribution in [3.8, 4) is 11.8 Å². The summed E-state index contributed by atoms with van der Waals surface area (Å²) in [5.41, 5.74) is 1.23. The number of thiol groups is 1. The van der Waals surface area contributed by atoms with Crippen LogP contribution in [0.1, 0.15) is 122 Å². The molecule has 7 heteroatoms. The molecule has 220 valence electrons. The van der Waals surface area contributed by atoms with Crippen molar-refractivity contribution in [1.82, 2.24) is 0 Å². The van der Waals surface area contributed by atoms with E-state index in [4.69, 9.17) is 10.2 Å². The lowest BCUT2D eigenvalue weighted by molar-refractivity contribution is -0.106. The summed E-state index contributed by atoms with van der Waals surface area (Å²) in [7, 11) is 0. The Hall–Kier alpha value is -1.91. The van der Waals surface area contributed by atoms with Gasteiger partial charge in [-0.1, -0.05) is 83.0 Å². The number of rotatable bonds is 3. The van der Waals surface area contributed by atoms with Gasteiger partial charge in [-0.2, -0.15) is 17.7 Å². The summed E-state index contributed by atoms with van der Waals surface area (Å²) >= 11 is 5.96. The van der Waals surface area contributed by atoms with Crippen LogP contribution in [0.15, 0.2) is 16.2 Å². The Balaban J connectivity index is 0.000000516. The highest BCUT2D eigenvalue weighted by Crippen LogP contribution is 2.31. The van der Waals surface area contributed by atoms with Crippen molar-refractivity contribution in [2.75, 3.05) is 10.8 Å². The molecule has 2 fully saturated rings. The van der Waals surface area contributed by atoms with Crippen LogP contribution in [0.4, 0.5) is 5.69 Å². The topological polar surface area (TPSA) is 68.7 Å². The lowest BCUT2D eigenvalue weighted by Crippen LogP contribution is -2.06. The molecule has 0 radical (unpaired) electrons. The van der Waals surface area contributed by atoms with Crippen molar-refractivity contribution in [1.29, 1.82) is 5.41 Å². The SMILES string of the molecule is C=NC(C)=N.CC1CCCCC1.CC=O.Cc1sc(C#CC(C)(C)C)cc1N1C=N1.SCCC1CCCCC1. The maximum atomic E-state index is 8.81. The summed E-state index contributed by atoms with van der Waals surface area (Å²) < 4.78 is 0. The number of hydrogen-bond donors (Lipinski definition) is 2. The van der Waals surface area contributed by atoms with Gasteiger partial charge in [-0.3, -0.25) is 10.4 Å². The van der Waals surface area contributed by atoms with Crippen LogP contribution in [0.2, 0.25) is 0 Å². The second-order valence-electron chi connectivity index (χ2n) is 11.4.